The van der Waals surface area contributed by atoms with Gasteiger partial charge in [0.2, 0.25) is 5.75 Å². The smallest absolute Gasteiger partial charge is 0.416 e. The lowest BCUT2D eigenvalue weighted by Gasteiger charge is -2.34. The molecule has 42 heavy (non-hydrogen) atoms. The second-order valence-electron chi connectivity index (χ2n) is 9.85. The number of carbonyl (C=O) groups is 1. The van der Waals surface area contributed by atoms with Crippen molar-refractivity contribution in [1.82, 2.24) is 14.8 Å². The number of halogens is 3. The molecule has 1 fully saturated rings. The molecular formula is C29H30F3N7O3. The molecule has 3 N–H and O–H groups in total. The fraction of sp³-hybridized carbons (Fsp3) is 0.345. The van der Waals surface area contributed by atoms with E-state index in [9.17, 15) is 23.2 Å². The van der Waals surface area contributed by atoms with E-state index in [0.717, 1.165) is 25.7 Å². The highest BCUT2D eigenvalue weighted by atomic mass is 19.4. The number of hydrogen-bond donors (Lipinski definition) is 3. The molecule has 0 spiro atoms. The molecule has 0 bridgehead atoms. The summed E-state index contributed by atoms with van der Waals surface area (Å²) in [4.78, 5) is 21.1. The van der Waals surface area contributed by atoms with Gasteiger partial charge in [0.25, 0.3) is 0 Å². The number of alkyl halides is 3. The Bertz CT molecular complexity index is 1470. The number of ether oxygens (including phenoxy) is 2. The zero-order chi connectivity index (χ0) is 29.7. The number of hydrogen-bond acceptors (Lipinski definition) is 8. The van der Waals surface area contributed by atoms with E-state index in [1.165, 1.54) is 18.3 Å². The lowest BCUT2D eigenvalue weighted by atomic mass is 10.0. The normalized spacial score (nSPS) is 15.5. The molecule has 2 aromatic carbocycles. The minimum Gasteiger partial charge on any atom is -0.485 e. The molecule has 5 rings (SSSR count). The van der Waals surface area contributed by atoms with E-state index in [1.807, 2.05) is 11.0 Å². The Balaban J connectivity index is 1.22. The summed E-state index contributed by atoms with van der Waals surface area (Å²) in [6.45, 7) is 7.19. The first-order chi connectivity index (χ1) is 20.2. The molecule has 0 aliphatic carbocycles. The SMILES string of the molecule is CCN1CCN(Cc2ccc(NC(=O)Nc3ccc(Oc4c(C#N)cnc5c4OCCN5)cc3)cc2C(F)(F)F)CC1. The van der Waals surface area contributed by atoms with Gasteiger partial charge in [-0.3, -0.25) is 4.90 Å². The molecule has 2 aliphatic rings. The first kappa shape index (κ1) is 29.0. The Morgan fingerprint density at radius 1 is 1.10 bits per heavy atom. The molecule has 3 heterocycles. The average Bonchev–Trinajstić information content (AvgIpc) is 2.99. The highest BCUT2D eigenvalue weighted by Crippen LogP contribution is 2.41. The van der Waals surface area contributed by atoms with Crippen LogP contribution in [0, 0.1) is 11.3 Å². The summed E-state index contributed by atoms with van der Waals surface area (Å²) in [7, 11) is 0. The molecule has 1 saturated heterocycles. The molecular weight excluding hydrogens is 551 g/mol. The van der Waals surface area contributed by atoms with Crippen LogP contribution in [0.25, 0.3) is 0 Å². The van der Waals surface area contributed by atoms with E-state index >= 15 is 0 Å². The molecule has 220 valence electrons. The first-order valence-electron chi connectivity index (χ1n) is 13.5. The van der Waals surface area contributed by atoms with Crippen LogP contribution < -0.4 is 25.4 Å². The van der Waals surface area contributed by atoms with Gasteiger partial charge in [-0.15, -0.1) is 0 Å². The van der Waals surface area contributed by atoms with E-state index in [1.54, 1.807) is 24.3 Å². The van der Waals surface area contributed by atoms with Crippen LogP contribution in [0.3, 0.4) is 0 Å². The van der Waals surface area contributed by atoms with Gasteiger partial charge in [-0.05, 0) is 48.5 Å². The standard InChI is InChI=1S/C29H30F3N7O3/c1-2-38-10-12-39(13-11-38)18-19-3-4-22(15-24(19)29(30,31)32)37-28(40)36-21-5-7-23(8-6-21)42-25-20(16-33)17-35-27-26(25)41-14-9-34-27/h3-8,15,17H,2,9-14,18H2,1H3,(H,34,35)(H2,36,37,40). The number of likely N-dealkylation sites (N-methyl/N-ethyl adjacent to an activating group) is 1. The molecule has 1 aromatic heterocycles. The van der Waals surface area contributed by atoms with Crippen molar-refractivity contribution in [3.05, 3.63) is 65.4 Å². The summed E-state index contributed by atoms with van der Waals surface area (Å²) in [5.41, 5.74) is 0.00910. The van der Waals surface area contributed by atoms with Crippen LogP contribution in [0.15, 0.2) is 48.7 Å². The van der Waals surface area contributed by atoms with Crippen molar-refractivity contribution in [2.75, 3.05) is 61.8 Å². The topological polar surface area (TPSA) is 115 Å². The Morgan fingerprint density at radius 3 is 2.48 bits per heavy atom. The molecule has 0 unspecified atom stereocenters. The maximum Gasteiger partial charge on any atom is 0.416 e. The number of anilines is 3. The zero-order valence-corrected chi connectivity index (χ0v) is 22.9. The quantitative estimate of drug-likeness (QED) is 0.342. The van der Waals surface area contributed by atoms with E-state index < -0.39 is 17.8 Å². The first-order valence-corrected chi connectivity index (χ1v) is 13.5. The third-order valence-electron chi connectivity index (χ3n) is 7.06. The number of nitrogens with one attached hydrogen (secondary N) is 3. The van der Waals surface area contributed by atoms with Crippen LogP contribution in [-0.4, -0.2) is 66.7 Å². The predicted molar refractivity (Wildman–Crippen MR) is 151 cm³/mol. The summed E-state index contributed by atoms with van der Waals surface area (Å²) in [5.74, 6) is 1.41. The lowest BCUT2D eigenvalue weighted by molar-refractivity contribution is -0.138. The van der Waals surface area contributed by atoms with Gasteiger partial charge < -0.3 is 30.3 Å². The van der Waals surface area contributed by atoms with Crippen LogP contribution in [0.5, 0.6) is 17.2 Å². The number of carbonyl (C=O) groups excluding carboxylic acids is 1. The fourth-order valence-electron chi connectivity index (χ4n) is 4.82. The van der Waals surface area contributed by atoms with Crippen molar-refractivity contribution >= 4 is 23.2 Å². The average molecular weight is 582 g/mol. The molecule has 10 nitrogen and oxygen atoms in total. The summed E-state index contributed by atoms with van der Waals surface area (Å²) in [6, 6.07) is 11.5. The van der Waals surface area contributed by atoms with Crippen LogP contribution in [0.2, 0.25) is 0 Å². The number of urea groups is 1. The van der Waals surface area contributed by atoms with Crippen molar-refractivity contribution in [2.45, 2.75) is 19.6 Å². The van der Waals surface area contributed by atoms with Crippen molar-refractivity contribution in [2.24, 2.45) is 0 Å². The second kappa shape index (κ2) is 12.5. The molecule has 13 heteroatoms. The molecule has 0 atom stereocenters. The lowest BCUT2D eigenvalue weighted by Crippen LogP contribution is -2.45. The van der Waals surface area contributed by atoms with Gasteiger partial charge in [-0.25, -0.2) is 9.78 Å². The predicted octanol–water partition coefficient (Wildman–Crippen LogP) is 5.35. The van der Waals surface area contributed by atoms with Gasteiger partial charge in [-0.2, -0.15) is 18.4 Å². The molecule has 0 radical (unpaired) electrons. The van der Waals surface area contributed by atoms with Crippen molar-refractivity contribution < 1.29 is 27.4 Å². The van der Waals surface area contributed by atoms with Gasteiger partial charge in [0.15, 0.2) is 11.6 Å². The van der Waals surface area contributed by atoms with Crippen molar-refractivity contribution in [1.29, 1.82) is 5.26 Å². The number of fused-ring (bicyclic) bond motifs is 1. The fourth-order valence-corrected chi connectivity index (χ4v) is 4.82. The molecule has 3 aromatic rings. The van der Waals surface area contributed by atoms with Crippen LogP contribution in [0.1, 0.15) is 23.6 Å². The number of nitrogens with zero attached hydrogens (tertiary/aromatic N) is 4. The van der Waals surface area contributed by atoms with E-state index in [-0.39, 0.29) is 29.1 Å². The summed E-state index contributed by atoms with van der Waals surface area (Å²) in [6.07, 6.45) is -3.18. The zero-order valence-electron chi connectivity index (χ0n) is 22.9. The monoisotopic (exact) mass is 581 g/mol. The number of piperazine rings is 1. The van der Waals surface area contributed by atoms with Gasteiger partial charge in [0.05, 0.1) is 18.3 Å². The van der Waals surface area contributed by atoms with Crippen LogP contribution >= 0.6 is 0 Å². The van der Waals surface area contributed by atoms with Gasteiger partial charge >= 0.3 is 12.2 Å². The van der Waals surface area contributed by atoms with E-state index in [4.69, 9.17) is 9.47 Å². The Hall–Kier alpha value is -4.54. The summed E-state index contributed by atoms with van der Waals surface area (Å²) in [5, 5.41) is 17.6. The van der Waals surface area contributed by atoms with Crippen LogP contribution in [-0.2, 0) is 12.7 Å². The number of benzene rings is 2. The highest BCUT2D eigenvalue weighted by Gasteiger charge is 2.34. The minimum atomic E-state index is -4.56. The number of nitriles is 1. The van der Waals surface area contributed by atoms with Crippen molar-refractivity contribution in [3.8, 4) is 23.3 Å². The number of aromatic nitrogens is 1. The molecule has 2 amide bonds. The van der Waals surface area contributed by atoms with Gasteiger partial charge in [0, 0.05) is 44.1 Å². The van der Waals surface area contributed by atoms with Gasteiger partial charge in [-0.1, -0.05) is 13.0 Å². The maximum atomic E-state index is 13.9. The van der Waals surface area contributed by atoms with E-state index in [2.05, 4.69) is 32.8 Å². The molecule has 0 saturated carbocycles. The van der Waals surface area contributed by atoms with Crippen LogP contribution in [0.4, 0.5) is 35.2 Å². The largest absolute Gasteiger partial charge is 0.485 e. The summed E-state index contributed by atoms with van der Waals surface area (Å²) < 4.78 is 53.3. The maximum absolute atomic E-state index is 13.9. The highest BCUT2D eigenvalue weighted by molar-refractivity contribution is 5.99. The summed E-state index contributed by atoms with van der Waals surface area (Å²) >= 11 is 0. The Morgan fingerprint density at radius 2 is 1.79 bits per heavy atom. The third-order valence-corrected chi connectivity index (χ3v) is 7.06. The van der Waals surface area contributed by atoms with Crippen molar-refractivity contribution in [3.63, 3.8) is 0 Å². The Labute approximate surface area is 241 Å². The number of rotatable bonds is 7. The van der Waals surface area contributed by atoms with Gasteiger partial charge in [0.1, 0.15) is 24.0 Å². The molecule has 2 aliphatic heterocycles. The third kappa shape index (κ3) is 6.84. The minimum absolute atomic E-state index is 0.0273. The number of pyridine rings is 1. The van der Waals surface area contributed by atoms with E-state index in [0.29, 0.717) is 49.2 Å². The number of amides is 2. The Kier molecular flexibility index (Phi) is 8.65. The second-order valence-corrected chi connectivity index (χ2v) is 9.85.